The summed E-state index contributed by atoms with van der Waals surface area (Å²) in [5.41, 5.74) is 4.59. The molecule has 148 valence electrons. The van der Waals surface area contributed by atoms with Gasteiger partial charge >= 0.3 is 0 Å². The van der Waals surface area contributed by atoms with Crippen LogP contribution in [0.15, 0.2) is 103 Å². The van der Waals surface area contributed by atoms with Gasteiger partial charge in [-0.3, -0.25) is 0 Å². The van der Waals surface area contributed by atoms with E-state index in [2.05, 4.69) is 61.5 Å². The number of ether oxygens (including phenoxy) is 2. The van der Waals surface area contributed by atoms with E-state index in [9.17, 15) is 0 Å². The van der Waals surface area contributed by atoms with Crippen LogP contribution >= 0.6 is 0 Å². The predicted octanol–water partition coefficient (Wildman–Crippen LogP) is 7.54. The van der Waals surface area contributed by atoms with Gasteiger partial charge < -0.3 is 9.47 Å². The topological polar surface area (TPSA) is 18.5 Å². The van der Waals surface area contributed by atoms with Crippen LogP contribution in [-0.2, 0) is 6.61 Å². The molecule has 2 nitrogen and oxygen atoms in total. The molecule has 0 aliphatic rings. The average Bonchev–Trinajstić information content (AvgIpc) is 2.80. The van der Waals surface area contributed by atoms with Gasteiger partial charge in [-0.05, 0) is 48.4 Å². The molecule has 0 aliphatic heterocycles. The van der Waals surface area contributed by atoms with E-state index in [4.69, 9.17) is 9.47 Å². The Morgan fingerprint density at radius 1 is 0.633 bits per heavy atom. The third-order valence-electron chi connectivity index (χ3n) is 4.75. The van der Waals surface area contributed by atoms with Crippen molar-refractivity contribution in [1.82, 2.24) is 0 Å². The van der Waals surface area contributed by atoms with E-state index in [-0.39, 0.29) is 0 Å². The lowest BCUT2D eigenvalue weighted by molar-refractivity contribution is 0.306. The minimum absolute atomic E-state index is 0.549. The summed E-state index contributed by atoms with van der Waals surface area (Å²) in [5, 5.41) is 0. The number of hydrogen-bond donors (Lipinski definition) is 0. The normalized spacial score (nSPS) is 10.8. The molecule has 30 heavy (non-hydrogen) atoms. The molecule has 0 spiro atoms. The molecule has 0 saturated heterocycles. The fourth-order valence-electron chi connectivity index (χ4n) is 3.05. The van der Waals surface area contributed by atoms with E-state index in [1.54, 1.807) is 0 Å². The molecule has 0 atom stereocenters. The molecule has 0 amide bonds. The second kappa shape index (κ2) is 9.62. The minimum atomic E-state index is 0.549. The van der Waals surface area contributed by atoms with Gasteiger partial charge in [0.1, 0.15) is 23.9 Å². The zero-order valence-electron chi connectivity index (χ0n) is 17.0. The summed E-state index contributed by atoms with van der Waals surface area (Å²) >= 11 is 0. The van der Waals surface area contributed by atoms with Gasteiger partial charge in [0.25, 0.3) is 0 Å². The second-order valence-corrected chi connectivity index (χ2v) is 7.13. The van der Waals surface area contributed by atoms with E-state index in [0.717, 1.165) is 33.9 Å². The lowest BCUT2D eigenvalue weighted by Gasteiger charge is -2.10. The summed E-state index contributed by atoms with van der Waals surface area (Å²) in [6.45, 7) is 2.64. The van der Waals surface area contributed by atoms with Crippen molar-refractivity contribution in [2.45, 2.75) is 13.5 Å². The Hall–Kier alpha value is -3.78. The molecular formula is C28H24O2. The van der Waals surface area contributed by atoms with Gasteiger partial charge in [0.2, 0.25) is 0 Å². The van der Waals surface area contributed by atoms with Crippen molar-refractivity contribution in [3.05, 3.63) is 125 Å². The highest BCUT2D eigenvalue weighted by Gasteiger charge is 2.03. The lowest BCUT2D eigenvalue weighted by atomic mass is 10.1. The first-order valence-electron chi connectivity index (χ1n) is 10.0. The summed E-state index contributed by atoms with van der Waals surface area (Å²) in [6.07, 6.45) is 4.18. The number of hydrogen-bond acceptors (Lipinski definition) is 2. The third-order valence-corrected chi connectivity index (χ3v) is 4.75. The van der Waals surface area contributed by atoms with E-state index in [1.165, 1.54) is 5.56 Å². The monoisotopic (exact) mass is 392 g/mol. The number of aryl methyl sites for hydroxylation is 1. The lowest BCUT2D eigenvalue weighted by Crippen LogP contribution is -1.95. The van der Waals surface area contributed by atoms with Gasteiger partial charge in [-0.25, -0.2) is 0 Å². The molecule has 0 fully saturated rings. The molecule has 0 bridgehead atoms. The zero-order chi connectivity index (χ0) is 20.6. The van der Waals surface area contributed by atoms with Crippen LogP contribution in [-0.4, -0.2) is 0 Å². The molecule has 4 aromatic rings. The fourth-order valence-corrected chi connectivity index (χ4v) is 3.05. The number of rotatable bonds is 7. The van der Waals surface area contributed by atoms with Crippen molar-refractivity contribution in [2.75, 3.05) is 0 Å². The van der Waals surface area contributed by atoms with Crippen LogP contribution in [0.4, 0.5) is 0 Å². The highest BCUT2D eigenvalue weighted by molar-refractivity contribution is 5.72. The van der Waals surface area contributed by atoms with Gasteiger partial charge in [-0.1, -0.05) is 90.5 Å². The van der Waals surface area contributed by atoms with E-state index in [1.807, 2.05) is 60.7 Å². The summed E-state index contributed by atoms with van der Waals surface area (Å²) < 4.78 is 12.0. The first-order valence-corrected chi connectivity index (χ1v) is 10.0. The highest BCUT2D eigenvalue weighted by atomic mass is 16.5. The van der Waals surface area contributed by atoms with Gasteiger partial charge in [-0.2, -0.15) is 0 Å². The van der Waals surface area contributed by atoms with Crippen LogP contribution in [0, 0.1) is 6.92 Å². The summed E-state index contributed by atoms with van der Waals surface area (Å²) in [7, 11) is 0. The van der Waals surface area contributed by atoms with Crippen molar-refractivity contribution in [1.29, 1.82) is 0 Å². The fraction of sp³-hybridized carbons (Fsp3) is 0.0714. The standard InChI is InChI=1S/C28H24O2/c1-22-11-13-23(14-12-22)15-16-25-9-5-6-10-28(25)30-27-19-17-26(18-20-27)29-21-24-7-3-2-4-8-24/h2-20H,21H2,1H3/b16-15+. The Labute approximate surface area is 178 Å². The van der Waals surface area contributed by atoms with Crippen LogP contribution in [0.1, 0.15) is 22.3 Å². The maximum atomic E-state index is 6.13. The molecule has 0 aromatic heterocycles. The first-order chi connectivity index (χ1) is 14.8. The number of benzene rings is 4. The van der Waals surface area contributed by atoms with Crippen LogP contribution < -0.4 is 9.47 Å². The van der Waals surface area contributed by atoms with E-state index < -0.39 is 0 Å². The van der Waals surface area contributed by atoms with Gasteiger partial charge in [-0.15, -0.1) is 0 Å². The van der Waals surface area contributed by atoms with Crippen LogP contribution in [0.25, 0.3) is 12.2 Å². The molecule has 0 N–H and O–H groups in total. The predicted molar refractivity (Wildman–Crippen MR) is 124 cm³/mol. The summed E-state index contributed by atoms with van der Waals surface area (Å²) in [5.74, 6) is 2.41. The average molecular weight is 392 g/mol. The van der Waals surface area contributed by atoms with Crippen molar-refractivity contribution in [3.8, 4) is 17.2 Å². The quantitative estimate of drug-likeness (QED) is 0.303. The Morgan fingerprint density at radius 2 is 1.30 bits per heavy atom. The third kappa shape index (κ3) is 5.39. The van der Waals surface area contributed by atoms with Crippen LogP contribution in [0.2, 0.25) is 0 Å². The van der Waals surface area contributed by atoms with Crippen molar-refractivity contribution >= 4 is 12.2 Å². The Balaban J connectivity index is 1.42. The van der Waals surface area contributed by atoms with Crippen molar-refractivity contribution in [2.24, 2.45) is 0 Å². The van der Waals surface area contributed by atoms with Gasteiger partial charge in [0.15, 0.2) is 0 Å². The Bertz CT molecular complexity index is 1100. The molecule has 4 rings (SSSR count). The number of para-hydroxylation sites is 1. The van der Waals surface area contributed by atoms with Crippen molar-refractivity contribution in [3.63, 3.8) is 0 Å². The molecule has 0 unspecified atom stereocenters. The van der Waals surface area contributed by atoms with Crippen LogP contribution in [0.5, 0.6) is 17.2 Å². The largest absolute Gasteiger partial charge is 0.489 e. The highest BCUT2D eigenvalue weighted by Crippen LogP contribution is 2.28. The van der Waals surface area contributed by atoms with Gasteiger partial charge in [0, 0.05) is 5.56 Å². The molecule has 4 aromatic carbocycles. The smallest absolute Gasteiger partial charge is 0.134 e. The molecule has 0 heterocycles. The second-order valence-electron chi connectivity index (χ2n) is 7.13. The maximum Gasteiger partial charge on any atom is 0.134 e. The SMILES string of the molecule is Cc1ccc(/C=C/c2ccccc2Oc2ccc(OCc3ccccc3)cc2)cc1. The van der Waals surface area contributed by atoms with Crippen molar-refractivity contribution < 1.29 is 9.47 Å². The Morgan fingerprint density at radius 3 is 2.07 bits per heavy atom. The van der Waals surface area contributed by atoms with Crippen LogP contribution in [0.3, 0.4) is 0 Å². The molecule has 0 radical (unpaired) electrons. The minimum Gasteiger partial charge on any atom is -0.489 e. The molecule has 2 heteroatoms. The first kappa shape index (κ1) is 19.5. The van der Waals surface area contributed by atoms with E-state index >= 15 is 0 Å². The Kier molecular flexibility index (Phi) is 6.26. The molecule has 0 saturated carbocycles. The summed E-state index contributed by atoms with van der Waals surface area (Å²) in [6, 6.07) is 34.4. The van der Waals surface area contributed by atoms with E-state index in [0.29, 0.717) is 6.61 Å². The zero-order valence-corrected chi connectivity index (χ0v) is 17.0. The summed E-state index contributed by atoms with van der Waals surface area (Å²) in [4.78, 5) is 0. The maximum absolute atomic E-state index is 6.13. The van der Waals surface area contributed by atoms with Gasteiger partial charge in [0.05, 0.1) is 0 Å². The molecular weight excluding hydrogens is 368 g/mol. The molecule has 0 aliphatic carbocycles.